The first-order chi connectivity index (χ1) is 7.13. The minimum absolute atomic E-state index is 0.143. The smallest absolute Gasteiger partial charge is 0.251 e. The number of hydrogen-bond acceptors (Lipinski definition) is 1. The van der Waals surface area contributed by atoms with Crippen LogP contribution in [0.15, 0.2) is 18.2 Å². The SMILES string of the molecule is C#CCCNC(=O)c1cc(C)cc(Cl)c1. The highest BCUT2D eigenvalue weighted by Gasteiger charge is 2.05. The van der Waals surface area contributed by atoms with Gasteiger partial charge < -0.3 is 5.32 Å². The number of terminal acetylenes is 1. The van der Waals surface area contributed by atoms with E-state index in [1.165, 1.54) is 0 Å². The van der Waals surface area contributed by atoms with E-state index in [4.69, 9.17) is 18.0 Å². The lowest BCUT2D eigenvalue weighted by Crippen LogP contribution is -2.24. The summed E-state index contributed by atoms with van der Waals surface area (Å²) in [6, 6.07) is 5.23. The second-order valence-corrected chi connectivity index (χ2v) is 3.66. The van der Waals surface area contributed by atoms with E-state index >= 15 is 0 Å². The highest BCUT2D eigenvalue weighted by atomic mass is 35.5. The summed E-state index contributed by atoms with van der Waals surface area (Å²) in [4.78, 5) is 11.6. The molecule has 1 N–H and O–H groups in total. The Bertz CT molecular complexity index is 386. The second-order valence-electron chi connectivity index (χ2n) is 3.23. The van der Waals surface area contributed by atoms with Crippen molar-refractivity contribution in [3.05, 3.63) is 34.3 Å². The predicted molar refractivity (Wildman–Crippen MR) is 62.0 cm³/mol. The lowest BCUT2D eigenvalue weighted by Gasteiger charge is -2.04. The van der Waals surface area contributed by atoms with Crippen LogP contribution in [-0.2, 0) is 0 Å². The van der Waals surface area contributed by atoms with Gasteiger partial charge in [0.2, 0.25) is 0 Å². The maximum Gasteiger partial charge on any atom is 0.251 e. The number of rotatable bonds is 3. The summed E-state index contributed by atoms with van der Waals surface area (Å²) in [6.45, 7) is 2.38. The Hall–Kier alpha value is -1.46. The molecule has 0 bridgehead atoms. The molecule has 1 amide bonds. The number of carbonyl (C=O) groups excluding carboxylic acids is 1. The Labute approximate surface area is 94.6 Å². The molecule has 0 fully saturated rings. The summed E-state index contributed by atoms with van der Waals surface area (Å²) in [5.74, 6) is 2.31. The topological polar surface area (TPSA) is 29.1 Å². The van der Waals surface area contributed by atoms with Crippen molar-refractivity contribution >= 4 is 17.5 Å². The van der Waals surface area contributed by atoms with Crippen molar-refractivity contribution in [2.24, 2.45) is 0 Å². The number of carbonyl (C=O) groups is 1. The Balaban J connectivity index is 2.70. The molecule has 0 heterocycles. The van der Waals surface area contributed by atoms with Crippen molar-refractivity contribution in [3.63, 3.8) is 0 Å². The fraction of sp³-hybridized carbons (Fsp3) is 0.250. The van der Waals surface area contributed by atoms with E-state index in [2.05, 4.69) is 11.2 Å². The second kappa shape index (κ2) is 5.43. The molecule has 0 aromatic heterocycles. The van der Waals surface area contributed by atoms with Crippen LogP contribution in [0.1, 0.15) is 22.3 Å². The van der Waals surface area contributed by atoms with Gasteiger partial charge in [0.05, 0.1) is 0 Å². The van der Waals surface area contributed by atoms with Gasteiger partial charge in [-0.25, -0.2) is 0 Å². The third-order valence-corrected chi connectivity index (χ3v) is 2.08. The largest absolute Gasteiger partial charge is 0.351 e. The van der Waals surface area contributed by atoms with Gasteiger partial charge in [-0.15, -0.1) is 12.3 Å². The van der Waals surface area contributed by atoms with Crippen LogP contribution in [0, 0.1) is 19.3 Å². The lowest BCUT2D eigenvalue weighted by molar-refractivity contribution is 0.0954. The molecule has 0 radical (unpaired) electrons. The highest BCUT2D eigenvalue weighted by Crippen LogP contribution is 2.14. The van der Waals surface area contributed by atoms with Gasteiger partial charge in [0.1, 0.15) is 0 Å². The molecule has 1 aromatic carbocycles. The van der Waals surface area contributed by atoms with Gasteiger partial charge in [-0.05, 0) is 30.7 Å². The van der Waals surface area contributed by atoms with Gasteiger partial charge in [-0.1, -0.05) is 11.6 Å². The minimum atomic E-state index is -0.143. The maximum atomic E-state index is 11.6. The van der Waals surface area contributed by atoms with E-state index in [9.17, 15) is 4.79 Å². The average Bonchev–Trinajstić information content (AvgIpc) is 2.16. The van der Waals surface area contributed by atoms with E-state index in [-0.39, 0.29) is 5.91 Å². The fourth-order valence-corrected chi connectivity index (χ4v) is 1.51. The van der Waals surface area contributed by atoms with Crippen LogP contribution >= 0.6 is 11.6 Å². The standard InChI is InChI=1S/C12H12ClNO/c1-3-4-5-14-12(15)10-6-9(2)7-11(13)8-10/h1,6-8H,4-5H2,2H3,(H,14,15). The summed E-state index contributed by atoms with van der Waals surface area (Å²) in [5.41, 5.74) is 1.53. The Morgan fingerprint density at radius 3 is 2.87 bits per heavy atom. The first kappa shape index (κ1) is 11.6. The molecule has 2 nitrogen and oxygen atoms in total. The number of amides is 1. The molecule has 0 unspecified atom stereocenters. The van der Waals surface area contributed by atoms with Crippen LogP contribution in [0.5, 0.6) is 0 Å². The zero-order valence-corrected chi connectivity index (χ0v) is 9.27. The van der Waals surface area contributed by atoms with Crippen LogP contribution in [0.2, 0.25) is 5.02 Å². The first-order valence-corrected chi connectivity index (χ1v) is 5.00. The monoisotopic (exact) mass is 221 g/mol. The molecule has 0 aliphatic rings. The predicted octanol–water partition coefficient (Wildman–Crippen LogP) is 2.40. The minimum Gasteiger partial charge on any atom is -0.351 e. The van der Waals surface area contributed by atoms with E-state index in [0.29, 0.717) is 23.6 Å². The number of hydrogen-bond donors (Lipinski definition) is 1. The number of benzene rings is 1. The van der Waals surface area contributed by atoms with Crippen molar-refractivity contribution in [3.8, 4) is 12.3 Å². The molecular weight excluding hydrogens is 210 g/mol. The lowest BCUT2D eigenvalue weighted by atomic mass is 10.1. The zero-order chi connectivity index (χ0) is 11.3. The quantitative estimate of drug-likeness (QED) is 0.617. The van der Waals surface area contributed by atoms with Gasteiger partial charge in [-0.3, -0.25) is 4.79 Å². The third kappa shape index (κ3) is 3.65. The van der Waals surface area contributed by atoms with Crippen LogP contribution < -0.4 is 5.32 Å². The van der Waals surface area contributed by atoms with E-state index in [0.717, 1.165) is 5.56 Å². The van der Waals surface area contributed by atoms with E-state index < -0.39 is 0 Å². The van der Waals surface area contributed by atoms with Gasteiger partial charge >= 0.3 is 0 Å². The summed E-state index contributed by atoms with van der Waals surface area (Å²) < 4.78 is 0. The molecule has 0 atom stereocenters. The van der Waals surface area contributed by atoms with Crippen molar-refractivity contribution in [1.82, 2.24) is 5.32 Å². The van der Waals surface area contributed by atoms with Gasteiger partial charge in [-0.2, -0.15) is 0 Å². The molecule has 78 valence electrons. The molecule has 0 saturated heterocycles. The molecule has 3 heteroatoms. The van der Waals surface area contributed by atoms with E-state index in [1.807, 2.05) is 6.92 Å². The average molecular weight is 222 g/mol. The van der Waals surface area contributed by atoms with Crippen molar-refractivity contribution in [2.45, 2.75) is 13.3 Å². The van der Waals surface area contributed by atoms with Gasteiger partial charge in [0.25, 0.3) is 5.91 Å². The Morgan fingerprint density at radius 2 is 2.27 bits per heavy atom. The zero-order valence-electron chi connectivity index (χ0n) is 8.51. The van der Waals surface area contributed by atoms with Crippen molar-refractivity contribution in [2.75, 3.05) is 6.54 Å². The molecule has 0 spiro atoms. The van der Waals surface area contributed by atoms with E-state index in [1.54, 1.807) is 18.2 Å². The van der Waals surface area contributed by atoms with Crippen LogP contribution in [0.4, 0.5) is 0 Å². The summed E-state index contributed by atoms with van der Waals surface area (Å²) in [7, 11) is 0. The maximum absolute atomic E-state index is 11.6. The Kier molecular flexibility index (Phi) is 4.20. The molecular formula is C12H12ClNO. The van der Waals surface area contributed by atoms with Crippen LogP contribution in [-0.4, -0.2) is 12.5 Å². The number of halogens is 1. The van der Waals surface area contributed by atoms with Gasteiger partial charge in [0, 0.05) is 23.6 Å². The first-order valence-electron chi connectivity index (χ1n) is 4.62. The molecule has 15 heavy (non-hydrogen) atoms. The fourth-order valence-electron chi connectivity index (χ4n) is 1.22. The molecule has 0 aliphatic carbocycles. The Morgan fingerprint density at radius 1 is 1.53 bits per heavy atom. The number of aryl methyl sites for hydroxylation is 1. The van der Waals surface area contributed by atoms with Crippen molar-refractivity contribution in [1.29, 1.82) is 0 Å². The molecule has 1 rings (SSSR count). The van der Waals surface area contributed by atoms with Crippen LogP contribution in [0.25, 0.3) is 0 Å². The molecule has 0 saturated carbocycles. The molecule has 1 aromatic rings. The van der Waals surface area contributed by atoms with Crippen LogP contribution in [0.3, 0.4) is 0 Å². The summed E-state index contributed by atoms with van der Waals surface area (Å²) >= 11 is 5.84. The number of nitrogens with one attached hydrogen (secondary N) is 1. The van der Waals surface area contributed by atoms with Gasteiger partial charge in [0.15, 0.2) is 0 Å². The normalized spacial score (nSPS) is 9.40. The summed E-state index contributed by atoms with van der Waals surface area (Å²) in [6.07, 6.45) is 5.61. The third-order valence-electron chi connectivity index (χ3n) is 1.86. The van der Waals surface area contributed by atoms with Crippen molar-refractivity contribution < 1.29 is 4.79 Å². The summed E-state index contributed by atoms with van der Waals surface area (Å²) in [5, 5.41) is 3.28. The highest BCUT2D eigenvalue weighted by molar-refractivity contribution is 6.31. The molecule has 0 aliphatic heterocycles.